The molecule has 11 heavy (non-hydrogen) atoms. The van der Waals surface area contributed by atoms with Crippen LogP contribution in [0.1, 0.15) is 19.3 Å². The van der Waals surface area contributed by atoms with Gasteiger partial charge in [0.05, 0.1) is 0 Å². The van der Waals surface area contributed by atoms with Gasteiger partial charge in [0.1, 0.15) is 0 Å². The molecule has 1 aliphatic rings. The van der Waals surface area contributed by atoms with E-state index in [1.165, 1.54) is 4.90 Å². The third-order valence-electron chi connectivity index (χ3n) is 2.08. The smallest absolute Gasteiger partial charge is 0.240 e. The van der Waals surface area contributed by atoms with Gasteiger partial charge in [0, 0.05) is 25.9 Å². The van der Waals surface area contributed by atoms with E-state index in [0.717, 1.165) is 0 Å². The van der Waals surface area contributed by atoms with Crippen LogP contribution in [0.2, 0.25) is 0 Å². The number of nitrogens with zero attached hydrogens (tertiary/aromatic N) is 1. The lowest BCUT2D eigenvalue weighted by Gasteiger charge is -2.18. The van der Waals surface area contributed by atoms with Crippen LogP contribution in [-0.4, -0.2) is 30.3 Å². The summed E-state index contributed by atoms with van der Waals surface area (Å²) in [5.74, 6) is -0.0179. The van der Waals surface area contributed by atoms with Crippen LogP contribution in [-0.2, 0) is 4.79 Å². The summed E-state index contributed by atoms with van der Waals surface area (Å²) in [6, 6.07) is -0.234. The van der Waals surface area contributed by atoms with Crippen molar-refractivity contribution in [3.8, 4) is 0 Å². The van der Waals surface area contributed by atoms with Gasteiger partial charge in [-0.05, 0) is 6.42 Å². The maximum absolute atomic E-state index is 11.8. The van der Waals surface area contributed by atoms with Crippen LogP contribution in [0, 0.1) is 0 Å². The van der Waals surface area contributed by atoms with Gasteiger partial charge in [-0.2, -0.15) is 0 Å². The van der Waals surface area contributed by atoms with Crippen LogP contribution in [0.4, 0.5) is 8.78 Å². The topological polar surface area (TPSA) is 20.3 Å². The Morgan fingerprint density at radius 2 is 2.36 bits per heavy atom. The van der Waals surface area contributed by atoms with Crippen molar-refractivity contribution in [3.63, 3.8) is 0 Å². The average Bonchev–Trinajstić information content (AvgIpc) is 2.18. The summed E-state index contributed by atoms with van der Waals surface area (Å²) in [4.78, 5) is 12.3. The number of carbonyl (C=O) groups is 1. The average molecular weight is 163 g/mol. The zero-order valence-electron chi connectivity index (χ0n) is 6.39. The van der Waals surface area contributed by atoms with Crippen molar-refractivity contribution >= 4 is 5.91 Å². The summed E-state index contributed by atoms with van der Waals surface area (Å²) >= 11 is 0. The summed E-state index contributed by atoms with van der Waals surface area (Å²) in [5.41, 5.74) is 0. The third-order valence-corrected chi connectivity index (χ3v) is 2.08. The Bertz CT molecular complexity index is 161. The Kier molecular flexibility index (Phi) is 2.42. The molecule has 0 aliphatic carbocycles. The third kappa shape index (κ3) is 1.88. The molecule has 1 heterocycles. The zero-order chi connectivity index (χ0) is 8.43. The molecule has 1 amide bonds. The predicted octanol–water partition coefficient (Wildman–Crippen LogP) is 1.26. The summed E-state index contributed by atoms with van der Waals surface area (Å²) < 4.78 is 23.7. The molecule has 1 rings (SSSR count). The van der Waals surface area contributed by atoms with E-state index in [0.29, 0.717) is 12.8 Å². The Hall–Kier alpha value is -0.670. The van der Waals surface area contributed by atoms with Gasteiger partial charge in [-0.15, -0.1) is 0 Å². The monoisotopic (exact) mass is 163 g/mol. The summed E-state index contributed by atoms with van der Waals surface area (Å²) in [6.07, 6.45) is -1.47. The highest BCUT2D eigenvalue weighted by molar-refractivity contribution is 5.78. The summed E-state index contributed by atoms with van der Waals surface area (Å²) in [6.45, 7) is 0. The second kappa shape index (κ2) is 3.15. The van der Waals surface area contributed by atoms with Crippen LogP contribution in [0.15, 0.2) is 0 Å². The molecule has 1 aliphatic heterocycles. The van der Waals surface area contributed by atoms with Crippen molar-refractivity contribution in [2.24, 2.45) is 0 Å². The molecule has 0 radical (unpaired) electrons. The van der Waals surface area contributed by atoms with Crippen LogP contribution in [0.25, 0.3) is 0 Å². The van der Waals surface area contributed by atoms with E-state index in [4.69, 9.17) is 0 Å². The molecular formula is C7H11F2NO. The molecule has 2 nitrogen and oxygen atoms in total. The van der Waals surface area contributed by atoms with Gasteiger partial charge in [0.15, 0.2) is 0 Å². The van der Waals surface area contributed by atoms with E-state index < -0.39 is 6.43 Å². The maximum Gasteiger partial charge on any atom is 0.240 e. The van der Waals surface area contributed by atoms with Gasteiger partial charge in [-0.25, -0.2) is 8.78 Å². The lowest BCUT2D eigenvalue weighted by Crippen LogP contribution is -2.30. The number of hydrogen-bond donors (Lipinski definition) is 0. The first-order valence-corrected chi connectivity index (χ1v) is 3.65. The molecule has 0 aromatic carbocycles. The lowest BCUT2D eigenvalue weighted by molar-refractivity contribution is -0.127. The minimum absolute atomic E-state index is 0.0179. The first-order valence-electron chi connectivity index (χ1n) is 3.65. The number of carbonyl (C=O) groups excluding carboxylic acids is 1. The van der Waals surface area contributed by atoms with Crippen LogP contribution >= 0.6 is 0 Å². The van der Waals surface area contributed by atoms with Gasteiger partial charge >= 0.3 is 0 Å². The molecule has 1 fully saturated rings. The summed E-state index contributed by atoms with van der Waals surface area (Å²) in [5, 5.41) is 0. The van der Waals surface area contributed by atoms with Crippen molar-refractivity contribution in [1.29, 1.82) is 0 Å². The minimum Gasteiger partial charge on any atom is -0.343 e. The Labute approximate surface area is 64.2 Å². The van der Waals surface area contributed by atoms with Gasteiger partial charge in [-0.1, -0.05) is 0 Å². The quantitative estimate of drug-likeness (QED) is 0.600. The van der Waals surface area contributed by atoms with E-state index in [9.17, 15) is 13.6 Å². The second-order valence-corrected chi connectivity index (χ2v) is 2.82. The van der Waals surface area contributed by atoms with E-state index in [-0.39, 0.29) is 18.4 Å². The molecule has 0 saturated carbocycles. The van der Waals surface area contributed by atoms with Crippen molar-refractivity contribution in [2.45, 2.75) is 31.7 Å². The Morgan fingerprint density at radius 1 is 1.73 bits per heavy atom. The predicted molar refractivity (Wildman–Crippen MR) is 36.4 cm³/mol. The molecule has 64 valence electrons. The number of likely N-dealkylation sites (tertiary alicyclic amines) is 1. The highest BCUT2D eigenvalue weighted by Gasteiger charge is 2.29. The molecule has 1 atom stereocenters. The van der Waals surface area contributed by atoms with Crippen LogP contribution < -0.4 is 0 Å². The number of amides is 1. The maximum atomic E-state index is 11.8. The van der Waals surface area contributed by atoms with E-state index in [2.05, 4.69) is 0 Å². The van der Waals surface area contributed by atoms with E-state index in [1.54, 1.807) is 7.05 Å². The lowest BCUT2D eigenvalue weighted by atomic mass is 10.1. The van der Waals surface area contributed by atoms with Gasteiger partial charge < -0.3 is 4.90 Å². The number of halogens is 2. The van der Waals surface area contributed by atoms with Gasteiger partial charge in [-0.3, -0.25) is 4.79 Å². The molecule has 1 unspecified atom stereocenters. The first-order chi connectivity index (χ1) is 5.11. The van der Waals surface area contributed by atoms with Crippen LogP contribution in [0.3, 0.4) is 0 Å². The van der Waals surface area contributed by atoms with Crippen LogP contribution in [0.5, 0.6) is 0 Å². The van der Waals surface area contributed by atoms with E-state index >= 15 is 0 Å². The molecule has 0 aromatic rings. The fourth-order valence-corrected chi connectivity index (χ4v) is 1.35. The SMILES string of the molecule is CN1C(=O)CCC1CC(F)F. The molecule has 0 aromatic heterocycles. The fraction of sp³-hybridized carbons (Fsp3) is 0.857. The minimum atomic E-state index is -2.30. The first kappa shape index (κ1) is 8.43. The van der Waals surface area contributed by atoms with Crippen molar-refractivity contribution in [1.82, 2.24) is 4.90 Å². The highest BCUT2D eigenvalue weighted by Crippen LogP contribution is 2.21. The molecule has 1 saturated heterocycles. The highest BCUT2D eigenvalue weighted by atomic mass is 19.3. The largest absolute Gasteiger partial charge is 0.343 e. The van der Waals surface area contributed by atoms with Gasteiger partial charge in [0.25, 0.3) is 0 Å². The standard InChI is InChI=1S/C7H11F2NO/c1-10-5(4-6(8)9)2-3-7(10)11/h5-6H,2-4H2,1H3. The fourth-order valence-electron chi connectivity index (χ4n) is 1.35. The Balaban J connectivity index is 2.42. The number of rotatable bonds is 2. The normalized spacial score (nSPS) is 25.3. The zero-order valence-corrected chi connectivity index (χ0v) is 6.39. The van der Waals surface area contributed by atoms with E-state index in [1.807, 2.05) is 0 Å². The second-order valence-electron chi connectivity index (χ2n) is 2.82. The van der Waals surface area contributed by atoms with Crippen molar-refractivity contribution in [2.75, 3.05) is 7.05 Å². The number of alkyl halides is 2. The summed E-state index contributed by atoms with van der Waals surface area (Å²) in [7, 11) is 1.59. The van der Waals surface area contributed by atoms with Gasteiger partial charge in [0.2, 0.25) is 12.3 Å². The molecule has 0 spiro atoms. The van der Waals surface area contributed by atoms with Crippen molar-refractivity contribution < 1.29 is 13.6 Å². The molecule has 4 heteroatoms. The molecular weight excluding hydrogens is 152 g/mol. The number of hydrogen-bond acceptors (Lipinski definition) is 1. The molecule has 0 N–H and O–H groups in total. The molecule has 0 bridgehead atoms. The van der Waals surface area contributed by atoms with Crippen molar-refractivity contribution in [3.05, 3.63) is 0 Å². The Morgan fingerprint density at radius 3 is 2.73 bits per heavy atom.